The van der Waals surface area contributed by atoms with E-state index in [9.17, 15) is 14.8 Å². The number of aromatic nitrogens is 1. The first kappa shape index (κ1) is 23.9. The van der Waals surface area contributed by atoms with Crippen LogP contribution < -0.4 is 15.4 Å². The van der Waals surface area contributed by atoms with Crippen LogP contribution in [0, 0.1) is 5.21 Å². The Morgan fingerprint density at radius 3 is 2.39 bits per heavy atom. The Bertz CT molecular complexity index is 1020. The van der Waals surface area contributed by atoms with E-state index in [1.54, 1.807) is 12.1 Å². The molecular weight excluding hydrogens is 418 g/mol. The van der Waals surface area contributed by atoms with Crippen LogP contribution in [-0.2, 0) is 20.9 Å². The smallest absolute Gasteiger partial charge is 0.246 e. The molecule has 0 aliphatic heterocycles. The van der Waals surface area contributed by atoms with Crippen molar-refractivity contribution in [3.05, 3.63) is 89.9 Å². The molecule has 0 radical (unpaired) electrons. The summed E-state index contributed by atoms with van der Waals surface area (Å²) in [6, 6.07) is 21.2. The molecule has 1 heterocycles. The lowest BCUT2D eigenvalue weighted by Crippen LogP contribution is -2.28. The number of pyridine rings is 1. The van der Waals surface area contributed by atoms with E-state index in [0.717, 1.165) is 41.6 Å². The molecule has 7 nitrogen and oxygen atoms in total. The van der Waals surface area contributed by atoms with Gasteiger partial charge in [-0.25, -0.2) is 0 Å². The highest BCUT2D eigenvalue weighted by Gasteiger charge is 2.05. The van der Waals surface area contributed by atoms with Gasteiger partial charge in [0.05, 0.1) is 6.61 Å². The molecule has 0 saturated carbocycles. The maximum absolute atomic E-state index is 12.2. The number of benzene rings is 2. The average Bonchev–Trinajstić information content (AvgIpc) is 2.83. The van der Waals surface area contributed by atoms with Gasteiger partial charge in [0.25, 0.3) is 0 Å². The molecule has 3 rings (SSSR count). The van der Waals surface area contributed by atoms with Crippen molar-refractivity contribution in [3.63, 3.8) is 0 Å². The minimum absolute atomic E-state index is 0.0129. The van der Waals surface area contributed by atoms with Gasteiger partial charge in [0.1, 0.15) is 6.61 Å². The summed E-state index contributed by atoms with van der Waals surface area (Å²) < 4.78 is 6.05. The number of carbonyl (C=O) groups excluding carboxylic acids is 2. The summed E-state index contributed by atoms with van der Waals surface area (Å²) >= 11 is 0. The molecule has 0 bridgehead atoms. The molecule has 0 fully saturated rings. The second kappa shape index (κ2) is 13.0. The Morgan fingerprint density at radius 2 is 1.61 bits per heavy atom. The lowest BCUT2D eigenvalue weighted by molar-refractivity contribution is -0.605. The summed E-state index contributed by atoms with van der Waals surface area (Å²) in [6.45, 7) is 0.790. The van der Waals surface area contributed by atoms with E-state index in [4.69, 9.17) is 4.74 Å². The summed E-state index contributed by atoms with van der Waals surface area (Å²) in [6.07, 6.45) is 5.61. The van der Waals surface area contributed by atoms with Crippen molar-refractivity contribution in [1.82, 2.24) is 5.32 Å². The Hall–Kier alpha value is -3.71. The second-order valence-electron chi connectivity index (χ2n) is 7.71. The summed E-state index contributed by atoms with van der Waals surface area (Å²) in [5.41, 5.74) is 3.79. The Morgan fingerprint density at radius 1 is 0.848 bits per heavy atom. The number of anilines is 1. The van der Waals surface area contributed by atoms with Crippen LogP contribution in [0.1, 0.15) is 31.2 Å². The Kier molecular flexibility index (Phi) is 9.42. The van der Waals surface area contributed by atoms with Crippen LogP contribution in [0.3, 0.4) is 0 Å². The highest BCUT2D eigenvalue weighted by Crippen LogP contribution is 2.22. The van der Waals surface area contributed by atoms with Gasteiger partial charge in [0.15, 0.2) is 12.4 Å². The van der Waals surface area contributed by atoms with Crippen molar-refractivity contribution in [2.45, 2.75) is 32.3 Å². The normalized spacial score (nSPS) is 10.5. The van der Waals surface area contributed by atoms with E-state index >= 15 is 0 Å². The van der Waals surface area contributed by atoms with Crippen LogP contribution in [0.2, 0.25) is 0 Å². The number of nitrogens with one attached hydrogen (secondary N) is 2. The largest absolute Gasteiger partial charge is 0.619 e. The zero-order valence-electron chi connectivity index (χ0n) is 18.5. The summed E-state index contributed by atoms with van der Waals surface area (Å²) in [5, 5.41) is 16.7. The van der Waals surface area contributed by atoms with Gasteiger partial charge in [-0.15, -0.1) is 0 Å². The lowest BCUT2D eigenvalue weighted by Gasteiger charge is -2.08. The standard InChI is InChI=1S/C26H29N3O4/c30-25(28-24-11-7-10-23(18-24)22-8-3-1-4-9-22)12-5-2-6-15-27-26(31)20-33-19-21-13-16-29(32)17-14-21/h1,3-4,7-11,13-14,16-18H,2,5-6,12,15,19-20H2,(H,27,31)(H,28,30). The van der Waals surface area contributed by atoms with Gasteiger partial charge in [-0.1, -0.05) is 48.9 Å². The van der Waals surface area contributed by atoms with E-state index < -0.39 is 0 Å². The molecule has 33 heavy (non-hydrogen) atoms. The maximum Gasteiger partial charge on any atom is 0.246 e. The van der Waals surface area contributed by atoms with Gasteiger partial charge >= 0.3 is 0 Å². The number of hydrogen-bond acceptors (Lipinski definition) is 4. The number of unbranched alkanes of at least 4 members (excludes halogenated alkanes) is 2. The predicted octanol–water partition coefficient (Wildman–Crippen LogP) is 3.82. The van der Waals surface area contributed by atoms with E-state index in [-0.39, 0.29) is 25.0 Å². The number of nitrogens with zero attached hydrogens (tertiary/aromatic N) is 1. The van der Waals surface area contributed by atoms with Crippen molar-refractivity contribution >= 4 is 17.5 Å². The third kappa shape index (κ3) is 8.74. The molecule has 2 aromatic carbocycles. The second-order valence-corrected chi connectivity index (χ2v) is 7.71. The highest BCUT2D eigenvalue weighted by molar-refractivity contribution is 5.91. The van der Waals surface area contributed by atoms with Crippen molar-refractivity contribution in [1.29, 1.82) is 0 Å². The fourth-order valence-corrected chi connectivity index (χ4v) is 3.30. The number of hydrogen-bond donors (Lipinski definition) is 2. The van der Waals surface area contributed by atoms with Gasteiger partial charge in [-0.05, 0) is 41.7 Å². The number of ether oxygens (including phenoxy) is 1. The molecule has 0 atom stereocenters. The van der Waals surface area contributed by atoms with Crippen LogP contribution in [0.5, 0.6) is 0 Å². The molecule has 0 aliphatic rings. The monoisotopic (exact) mass is 447 g/mol. The van der Waals surface area contributed by atoms with Crippen molar-refractivity contribution in [2.24, 2.45) is 0 Å². The van der Waals surface area contributed by atoms with Crippen molar-refractivity contribution in [2.75, 3.05) is 18.5 Å². The summed E-state index contributed by atoms with van der Waals surface area (Å²) in [4.78, 5) is 24.0. The van der Waals surface area contributed by atoms with Crippen LogP contribution >= 0.6 is 0 Å². The molecular formula is C26H29N3O4. The zero-order chi connectivity index (χ0) is 23.3. The number of carbonyl (C=O) groups is 2. The van der Waals surface area contributed by atoms with E-state index in [2.05, 4.69) is 10.6 Å². The quantitative estimate of drug-likeness (QED) is 0.251. The molecule has 0 spiro atoms. The van der Waals surface area contributed by atoms with E-state index in [1.165, 1.54) is 12.4 Å². The summed E-state index contributed by atoms with van der Waals surface area (Å²) in [7, 11) is 0. The average molecular weight is 448 g/mol. The minimum Gasteiger partial charge on any atom is -0.619 e. The molecule has 3 aromatic rings. The van der Waals surface area contributed by atoms with Crippen molar-refractivity contribution < 1.29 is 19.1 Å². The van der Waals surface area contributed by atoms with Gasteiger partial charge in [0.2, 0.25) is 11.8 Å². The minimum atomic E-state index is -0.180. The SMILES string of the molecule is O=C(COCc1cc[n+]([O-])cc1)NCCCCCC(=O)Nc1cccc(-c2ccccc2)c1. The molecule has 7 heteroatoms. The Labute approximate surface area is 194 Å². The van der Waals surface area contributed by atoms with Crippen LogP contribution in [-0.4, -0.2) is 25.0 Å². The molecule has 0 saturated heterocycles. The van der Waals surface area contributed by atoms with Crippen LogP contribution in [0.4, 0.5) is 5.69 Å². The first-order valence-corrected chi connectivity index (χ1v) is 11.1. The number of rotatable bonds is 12. The van der Waals surface area contributed by atoms with Gasteiger partial charge in [-0.2, -0.15) is 4.73 Å². The first-order chi connectivity index (χ1) is 16.1. The van der Waals surface area contributed by atoms with Crippen LogP contribution in [0.15, 0.2) is 79.1 Å². The fourth-order valence-electron chi connectivity index (χ4n) is 3.30. The molecule has 172 valence electrons. The van der Waals surface area contributed by atoms with Crippen LogP contribution in [0.25, 0.3) is 11.1 Å². The number of amides is 2. The third-order valence-electron chi connectivity index (χ3n) is 5.03. The molecule has 2 amide bonds. The third-order valence-corrected chi connectivity index (χ3v) is 5.03. The van der Waals surface area contributed by atoms with E-state index in [0.29, 0.717) is 17.7 Å². The first-order valence-electron chi connectivity index (χ1n) is 11.1. The Balaban J connectivity index is 1.25. The topological polar surface area (TPSA) is 94.4 Å². The molecule has 1 aromatic heterocycles. The van der Waals surface area contributed by atoms with E-state index in [1.807, 2.05) is 54.6 Å². The van der Waals surface area contributed by atoms with Gasteiger partial charge < -0.3 is 20.6 Å². The predicted molar refractivity (Wildman–Crippen MR) is 127 cm³/mol. The van der Waals surface area contributed by atoms with Gasteiger partial charge in [-0.3, -0.25) is 9.59 Å². The van der Waals surface area contributed by atoms with Crippen molar-refractivity contribution in [3.8, 4) is 11.1 Å². The zero-order valence-corrected chi connectivity index (χ0v) is 18.5. The van der Waals surface area contributed by atoms with Gasteiger partial charge in [0, 0.05) is 30.8 Å². The fraction of sp³-hybridized carbons (Fsp3) is 0.269. The maximum atomic E-state index is 12.2. The molecule has 0 aliphatic carbocycles. The lowest BCUT2D eigenvalue weighted by atomic mass is 10.1. The highest BCUT2D eigenvalue weighted by atomic mass is 16.5. The molecule has 0 unspecified atom stereocenters. The summed E-state index contributed by atoms with van der Waals surface area (Å²) in [5.74, 6) is -0.193. The molecule has 2 N–H and O–H groups in total.